The fraction of sp³-hybridized carbons (Fsp3) is 0.231. The van der Waals surface area contributed by atoms with Crippen molar-refractivity contribution in [1.82, 2.24) is 4.98 Å². The van der Waals surface area contributed by atoms with Crippen LogP contribution in [0, 0.1) is 0 Å². The smallest absolute Gasteiger partial charge is 0.130 e. The average Bonchev–Trinajstić information content (AvgIpc) is 2.26. The van der Waals surface area contributed by atoms with Crippen molar-refractivity contribution in [3.63, 3.8) is 0 Å². The Morgan fingerprint density at radius 3 is 2.87 bits per heavy atom. The number of carbonyl (C=O) groups is 1. The number of benzene rings is 1. The Hall–Kier alpha value is -1.70. The number of aromatic nitrogens is 1. The molecule has 15 heavy (non-hydrogen) atoms. The number of Topliss-reactive ketones (excluding diaryl/α,β-unsaturated/α-hetero) is 1. The zero-order chi connectivity index (χ0) is 10.7. The molecule has 0 atom stereocenters. The fourth-order valence-electron chi connectivity index (χ4n) is 1.69. The Bertz CT molecular complexity index is 485. The summed E-state index contributed by atoms with van der Waals surface area (Å²) in [5.41, 5.74) is 1.16. The van der Waals surface area contributed by atoms with Crippen molar-refractivity contribution in [1.29, 1.82) is 0 Å². The second-order valence-electron chi connectivity index (χ2n) is 3.72. The maximum atomic E-state index is 10.9. The van der Waals surface area contributed by atoms with Gasteiger partial charge in [-0.2, -0.15) is 0 Å². The molecule has 2 aromatic rings. The second-order valence-corrected chi connectivity index (χ2v) is 3.72. The molecule has 0 bridgehead atoms. The normalized spacial score (nSPS) is 10.5. The van der Waals surface area contributed by atoms with Crippen LogP contribution in [0.15, 0.2) is 36.7 Å². The SMILES string of the molecule is CC(=O)CCc1cncc2ccccc12. The molecule has 1 heterocycles. The standard InChI is InChI=1S/C13H13NO/c1-10(15)6-7-12-9-14-8-11-4-2-3-5-13(11)12/h2-5,8-9H,6-7H2,1H3. The van der Waals surface area contributed by atoms with E-state index in [2.05, 4.69) is 11.1 Å². The lowest BCUT2D eigenvalue weighted by atomic mass is 10.0. The van der Waals surface area contributed by atoms with Crippen LogP contribution >= 0.6 is 0 Å². The number of ketones is 1. The van der Waals surface area contributed by atoms with E-state index in [1.165, 1.54) is 5.39 Å². The topological polar surface area (TPSA) is 30.0 Å². The average molecular weight is 199 g/mol. The highest BCUT2D eigenvalue weighted by atomic mass is 16.1. The summed E-state index contributed by atoms with van der Waals surface area (Å²) < 4.78 is 0. The molecule has 2 heteroatoms. The van der Waals surface area contributed by atoms with E-state index in [-0.39, 0.29) is 5.78 Å². The van der Waals surface area contributed by atoms with Gasteiger partial charge < -0.3 is 4.79 Å². The molecule has 2 rings (SSSR count). The van der Waals surface area contributed by atoms with Gasteiger partial charge in [-0.3, -0.25) is 4.98 Å². The zero-order valence-electron chi connectivity index (χ0n) is 8.73. The van der Waals surface area contributed by atoms with Gasteiger partial charge in [-0.15, -0.1) is 0 Å². The van der Waals surface area contributed by atoms with Crippen LogP contribution in [0.5, 0.6) is 0 Å². The van der Waals surface area contributed by atoms with Gasteiger partial charge >= 0.3 is 0 Å². The van der Waals surface area contributed by atoms with Crippen molar-refractivity contribution < 1.29 is 4.79 Å². The summed E-state index contributed by atoms with van der Waals surface area (Å²) in [4.78, 5) is 15.1. The molecule has 76 valence electrons. The summed E-state index contributed by atoms with van der Waals surface area (Å²) in [5, 5.41) is 2.34. The molecule has 0 radical (unpaired) electrons. The Kier molecular flexibility index (Phi) is 2.77. The van der Waals surface area contributed by atoms with Crippen LogP contribution in [0.2, 0.25) is 0 Å². The maximum Gasteiger partial charge on any atom is 0.130 e. The molecule has 1 aromatic carbocycles. The molecule has 1 aromatic heterocycles. The third-order valence-corrected chi connectivity index (χ3v) is 2.50. The maximum absolute atomic E-state index is 10.9. The molecule has 0 fully saturated rings. The highest BCUT2D eigenvalue weighted by Crippen LogP contribution is 2.18. The lowest BCUT2D eigenvalue weighted by Gasteiger charge is -2.03. The Balaban J connectivity index is 2.38. The number of aryl methyl sites for hydroxylation is 1. The monoisotopic (exact) mass is 199 g/mol. The van der Waals surface area contributed by atoms with E-state index in [4.69, 9.17) is 0 Å². The third-order valence-electron chi connectivity index (χ3n) is 2.50. The van der Waals surface area contributed by atoms with Gasteiger partial charge in [0, 0.05) is 24.2 Å². The minimum absolute atomic E-state index is 0.225. The van der Waals surface area contributed by atoms with E-state index in [0.29, 0.717) is 6.42 Å². The van der Waals surface area contributed by atoms with Crippen molar-refractivity contribution in [3.05, 3.63) is 42.2 Å². The van der Waals surface area contributed by atoms with Crippen LogP contribution in [-0.2, 0) is 11.2 Å². The summed E-state index contributed by atoms with van der Waals surface area (Å²) in [6.07, 6.45) is 5.08. The molecule has 0 aliphatic heterocycles. The van der Waals surface area contributed by atoms with E-state index in [9.17, 15) is 4.79 Å². The van der Waals surface area contributed by atoms with Crippen molar-refractivity contribution in [2.75, 3.05) is 0 Å². The predicted molar refractivity (Wildman–Crippen MR) is 60.7 cm³/mol. The number of fused-ring (bicyclic) bond motifs is 1. The summed E-state index contributed by atoms with van der Waals surface area (Å²) in [6.45, 7) is 1.62. The van der Waals surface area contributed by atoms with E-state index in [1.54, 1.807) is 6.92 Å². The Morgan fingerprint density at radius 2 is 2.07 bits per heavy atom. The lowest BCUT2D eigenvalue weighted by molar-refractivity contribution is -0.116. The van der Waals surface area contributed by atoms with Crippen LogP contribution in [-0.4, -0.2) is 10.8 Å². The number of pyridine rings is 1. The first kappa shape index (κ1) is 9.84. The van der Waals surface area contributed by atoms with Crippen molar-refractivity contribution in [2.24, 2.45) is 0 Å². The van der Waals surface area contributed by atoms with E-state index in [0.717, 1.165) is 17.4 Å². The van der Waals surface area contributed by atoms with Gasteiger partial charge in [0.15, 0.2) is 0 Å². The predicted octanol–water partition coefficient (Wildman–Crippen LogP) is 2.76. The largest absolute Gasteiger partial charge is 0.300 e. The number of hydrogen-bond acceptors (Lipinski definition) is 2. The fourth-order valence-corrected chi connectivity index (χ4v) is 1.69. The molecule has 0 amide bonds. The van der Waals surface area contributed by atoms with Crippen LogP contribution in [0.3, 0.4) is 0 Å². The molecule has 0 aliphatic carbocycles. The number of hydrogen-bond donors (Lipinski definition) is 0. The summed E-state index contributed by atoms with van der Waals surface area (Å²) >= 11 is 0. The van der Waals surface area contributed by atoms with Crippen molar-refractivity contribution in [3.8, 4) is 0 Å². The van der Waals surface area contributed by atoms with Gasteiger partial charge in [0.25, 0.3) is 0 Å². The highest BCUT2D eigenvalue weighted by Gasteiger charge is 2.02. The molecule has 2 nitrogen and oxygen atoms in total. The molecule has 0 saturated heterocycles. The van der Waals surface area contributed by atoms with Crippen molar-refractivity contribution in [2.45, 2.75) is 19.8 Å². The summed E-state index contributed by atoms with van der Waals surface area (Å²) in [7, 11) is 0. The quantitative estimate of drug-likeness (QED) is 0.760. The van der Waals surface area contributed by atoms with Gasteiger partial charge in [0.1, 0.15) is 5.78 Å². The summed E-state index contributed by atoms with van der Waals surface area (Å²) in [6, 6.07) is 8.13. The Morgan fingerprint density at radius 1 is 1.27 bits per heavy atom. The molecular weight excluding hydrogens is 186 g/mol. The minimum Gasteiger partial charge on any atom is -0.300 e. The Labute approximate surface area is 89.0 Å². The lowest BCUT2D eigenvalue weighted by Crippen LogP contribution is -1.95. The van der Waals surface area contributed by atoms with Crippen LogP contribution < -0.4 is 0 Å². The molecule has 0 spiro atoms. The number of carbonyl (C=O) groups excluding carboxylic acids is 1. The van der Waals surface area contributed by atoms with E-state index in [1.807, 2.05) is 30.6 Å². The van der Waals surface area contributed by atoms with Gasteiger partial charge in [0.2, 0.25) is 0 Å². The molecular formula is C13H13NO. The number of rotatable bonds is 3. The highest BCUT2D eigenvalue weighted by molar-refractivity contribution is 5.85. The minimum atomic E-state index is 0.225. The number of nitrogens with zero attached hydrogens (tertiary/aromatic N) is 1. The molecule has 0 saturated carbocycles. The second kappa shape index (κ2) is 4.22. The van der Waals surface area contributed by atoms with Gasteiger partial charge in [0.05, 0.1) is 0 Å². The van der Waals surface area contributed by atoms with Crippen LogP contribution in [0.1, 0.15) is 18.9 Å². The zero-order valence-corrected chi connectivity index (χ0v) is 8.73. The molecule has 0 aliphatic rings. The first-order valence-electron chi connectivity index (χ1n) is 5.08. The van der Waals surface area contributed by atoms with E-state index >= 15 is 0 Å². The van der Waals surface area contributed by atoms with E-state index < -0.39 is 0 Å². The third kappa shape index (κ3) is 2.21. The van der Waals surface area contributed by atoms with Crippen LogP contribution in [0.4, 0.5) is 0 Å². The first-order chi connectivity index (χ1) is 7.27. The summed E-state index contributed by atoms with van der Waals surface area (Å²) in [5.74, 6) is 0.225. The molecule has 0 N–H and O–H groups in total. The van der Waals surface area contributed by atoms with Crippen LogP contribution in [0.25, 0.3) is 10.8 Å². The van der Waals surface area contributed by atoms with Crippen molar-refractivity contribution >= 4 is 16.6 Å². The van der Waals surface area contributed by atoms with Gasteiger partial charge in [-0.05, 0) is 24.3 Å². The van der Waals surface area contributed by atoms with Gasteiger partial charge in [-0.25, -0.2) is 0 Å². The first-order valence-corrected chi connectivity index (χ1v) is 5.08. The van der Waals surface area contributed by atoms with Gasteiger partial charge in [-0.1, -0.05) is 24.3 Å². The molecule has 0 unspecified atom stereocenters.